The number of nitrogens with zero attached hydrogens (tertiary/aromatic N) is 2. The molecule has 2 aromatic carbocycles. The van der Waals surface area contributed by atoms with E-state index in [1.165, 1.54) is 22.5 Å². The number of alkyl halides is 3. The van der Waals surface area contributed by atoms with Gasteiger partial charge in [0.2, 0.25) is 15.9 Å². The van der Waals surface area contributed by atoms with E-state index >= 15 is 0 Å². The fourth-order valence-corrected chi connectivity index (χ4v) is 5.43. The van der Waals surface area contributed by atoms with Crippen LogP contribution < -0.4 is 5.32 Å². The Kier molecular flexibility index (Phi) is 6.97. The summed E-state index contributed by atoms with van der Waals surface area (Å²) in [5, 5.41) is 2.36. The van der Waals surface area contributed by atoms with E-state index in [1.54, 1.807) is 30.9 Å². The molecule has 0 bridgehead atoms. The third kappa shape index (κ3) is 5.13. The molecule has 1 aliphatic rings. The van der Waals surface area contributed by atoms with Gasteiger partial charge in [-0.25, -0.2) is 8.42 Å². The fraction of sp³-hybridized carbons (Fsp3) is 0.409. The molecule has 1 amide bonds. The molecule has 6 nitrogen and oxygen atoms in total. The number of nitrogens with one attached hydrogen (secondary N) is 1. The number of benzene rings is 2. The maximum atomic E-state index is 13.2. The van der Waals surface area contributed by atoms with Crippen molar-refractivity contribution in [2.45, 2.75) is 37.9 Å². The van der Waals surface area contributed by atoms with Crippen molar-refractivity contribution in [1.82, 2.24) is 9.21 Å². The standard InChI is InChI=1S/C22H26F3N3O3S/c1-15-8-9-20(16(2)14-15)32(30,31)28-12-10-27(11-13-28)17(3)21(29)26-19-7-5-4-6-18(19)22(23,24)25/h4-9,14,17H,10-13H2,1-3H3,(H,26,29). The van der Waals surface area contributed by atoms with Crippen LogP contribution in [0.3, 0.4) is 0 Å². The van der Waals surface area contributed by atoms with Crippen LogP contribution >= 0.6 is 0 Å². The Morgan fingerprint density at radius 3 is 2.25 bits per heavy atom. The van der Waals surface area contributed by atoms with Crippen LogP contribution in [0.2, 0.25) is 0 Å². The highest BCUT2D eigenvalue weighted by Gasteiger charge is 2.35. The topological polar surface area (TPSA) is 69.7 Å². The van der Waals surface area contributed by atoms with Crippen LogP contribution in [0.15, 0.2) is 47.4 Å². The second-order valence-electron chi connectivity index (χ2n) is 7.92. The van der Waals surface area contributed by atoms with Gasteiger partial charge in [-0.1, -0.05) is 29.8 Å². The number of rotatable bonds is 5. The average molecular weight is 470 g/mol. The zero-order valence-corrected chi connectivity index (χ0v) is 18.9. The van der Waals surface area contributed by atoms with Gasteiger partial charge in [0.25, 0.3) is 0 Å². The molecule has 1 heterocycles. The molecule has 0 aromatic heterocycles. The molecule has 1 unspecified atom stereocenters. The third-order valence-corrected chi connectivity index (χ3v) is 7.70. The highest BCUT2D eigenvalue weighted by molar-refractivity contribution is 7.89. The summed E-state index contributed by atoms with van der Waals surface area (Å²) in [6.07, 6.45) is -4.58. The molecule has 3 rings (SSSR count). The second kappa shape index (κ2) is 9.21. The first-order chi connectivity index (χ1) is 14.9. The first-order valence-electron chi connectivity index (χ1n) is 10.2. The average Bonchev–Trinajstić information content (AvgIpc) is 2.72. The monoisotopic (exact) mass is 469 g/mol. The normalized spacial score (nSPS) is 17.2. The quantitative estimate of drug-likeness (QED) is 0.726. The van der Waals surface area contributed by atoms with Gasteiger partial charge in [-0.05, 0) is 44.5 Å². The molecular weight excluding hydrogens is 443 g/mol. The van der Waals surface area contributed by atoms with Crippen molar-refractivity contribution in [3.63, 3.8) is 0 Å². The van der Waals surface area contributed by atoms with Crippen molar-refractivity contribution in [2.75, 3.05) is 31.5 Å². The minimum absolute atomic E-state index is 0.187. The van der Waals surface area contributed by atoms with Crippen LogP contribution in [-0.2, 0) is 21.0 Å². The van der Waals surface area contributed by atoms with E-state index in [0.717, 1.165) is 11.6 Å². The van der Waals surface area contributed by atoms with Crippen LogP contribution in [0.1, 0.15) is 23.6 Å². The largest absolute Gasteiger partial charge is 0.418 e. The molecule has 1 saturated heterocycles. The molecule has 174 valence electrons. The van der Waals surface area contributed by atoms with Gasteiger partial charge in [-0.2, -0.15) is 17.5 Å². The minimum Gasteiger partial charge on any atom is -0.324 e. The minimum atomic E-state index is -4.58. The van der Waals surface area contributed by atoms with E-state index in [9.17, 15) is 26.4 Å². The van der Waals surface area contributed by atoms with Gasteiger partial charge in [0.1, 0.15) is 0 Å². The molecule has 0 radical (unpaired) electrons. The Balaban J connectivity index is 1.66. The zero-order chi connectivity index (χ0) is 23.7. The van der Waals surface area contributed by atoms with Crippen molar-refractivity contribution in [1.29, 1.82) is 0 Å². The lowest BCUT2D eigenvalue weighted by atomic mass is 10.1. The van der Waals surface area contributed by atoms with E-state index < -0.39 is 33.7 Å². The Morgan fingerprint density at radius 2 is 1.66 bits per heavy atom. The highest BCUT2D eigenvalue weighted by Crippen LogP contribution is 2.34. The lowest BCUT2D eigenvalue weighted by molar-refractivity contribution is -0.137. The van der Waals surface area contributed by atoms with Crippen molar-refractivity contribution in [3.05, 3.63) is 59.2 Å². The summed E-state index contributed by atoms with van der Waals surface area (Å²) in [7, 11) is -3.67. The number of piperazine rings is 1. The molecule has 1 atom stereocenters. The summed E-state index contributed by atoms with van der Waals surface area (Å²) < 4.78 is 67.0. The van der Waals surface area contributed by atoms with E-state index in [2.05, 4.69) is 5.32 Å². The molecule has 1 aliphatic heterocycles. The van der Waals surface area contributed by atoms with E-state index in [-0.39, 0.29) is 23.7 Å². The summed E-state index contributed by atoms with van der Waals surface area (Å²) >= 11 is 0. The summed E-state index contributed by atoms with van der Waals surface area (Å²) in [5.41, 5.74) is 0.430. The Hall–Kier alpha value is -2.43. The van der Waals surface area contributed by atoms with Gasteiger partial charge in [0.05, 0.1) is 22.2 Å². The zero-order valence-electron chi connectivity index (χ0n) is 18.1. The van der Waals surface area contributed by atoms with Gasteiger partial charge in [-0.15, -0.1) is 0 Å². The maximum absolute atomic E-state index is 13.2. The van der Waals surface area contributed by atoms with Crippen LogP contribution in [-0.4, -0.2) is 55.8 Å². The lowest BCUT2D eigenvalue weighted by Gasteiger charge is -2.37. The summed E-state index contributed by atoms with van der Waals surface area (Å²) in [6.45, 7) is 6.20. The maximum Gasteiger partial charge on any atom is 0.418 e. The molecule has 1 N–H and O–H groups in total. The number of anilines is 1. The lowest BCUT2D eigenvalue weighted by Crippen LogP contribution is -2.54. The number of sulfonamides is 1. The first kappa shape index (κ1) is 24.2. The van der Waals surface area contributed by atoms with Crippen molar-refractivity contribution in [2.24, 2.45) is 0 Å². The number of para-hydroxylation sites is 1. The Bertz CT molecular complexity index is 1100. The van der Waals surface area contributed by atoms with Gasteiger partial charge in [0, 0.05) is 26.2 Å². The second-order valence-corrected chi connectivity index (χ2v) is 9.82. The van der Waals surface area contributed by atoms with Crippen LogP contribution in [0.5, 0.6) is 0 Å². The summed E-state index contributed by atoms with van der Waals surface area (Å²) in [6, 6.07) is 9.25. The number of carbonyl (C=O) groups excluding carboxylic acids is 1. The number of halogens is 3. The summed E-state index contributed by atoms with van der Waals surface area (Å²) in [5.74, 6) is -0.576. The number of aryl methyl sites for hydroxylation is 2. The molecule has 0 saturated carbocycles. The van der Waals surface area contributed by atoms with Gasteiger partial charge in [-0.3, -0.25) is 9.69 Å². The van der Waals surface area contributed by atoms with E-state index in [4.69, 9.17) is 0 Å². The van der Waals surface area contributed by atoms with Crippen LogP contribution in [0.4, 0.5) is 18.9 Å². The Labute approximate surface area is 186 Å². The SMILES string of the molecule is Cc1ccc(S(=O)(=O)N2CCN(C(C)C(=O)Nc3ccccc3C(F)(F)F)CC2)c(C)c1. The number of carbonyl (C=O) groups is 1. The van der Waals surface area contributed by atoms with Gasteiger partial charge >= 0.3 is 6.18 Å². The molecule has 0 aliphatic carbocycles. The molecule has 2 aromatic rings. The van der Waals surface area contributed by atoms with Gasteiger partial charge in [0.15, 0.2) is 0 Å². The summed E-state index contributed by atoms with van der Waals surface area (Å²) in [4.78, 5) is 14.6. The van der Waals surface area contributed by atoms with E-state index in [0.29, 0.717) is 18.7 Å². The van der Waals surface area contributed by atoms with Crippen LogP contribution in [0, 0.1) is 13.8 Å². The third-order valence-electron chi connectivity index (χ3n) is 5.64. The predicted molar refractivity (Wildman–Crippen MR) is 116 cm³/mol. The predicted octanol–water partition coefficient (Wildman–Crippen LogP) is 3.66. The molecule has 0 spiro atoms. The highest BCUT2D eigenvalue weighted by atomic mass is 32.2. The van der Waals surface area contributed by atoms with E-state index in [1.807, 2.05) is 13.0 Å². The molecule has 32 heavy (non-hydrogen) atoms. The van der Waals surface area contributed by atoms with Crippen molar-refractivity contribution < 1.29 is 26.4 Å². The number of hydrogen-bond donors (Lipinski definition) is 1. The molecule has 1 fully saturated rings. The first-order valence-corrected chi connectivity index (χ1v) is 11.6. The van der Waals surface area contributed by atoms with Gasteiger partial charge < -0.3 is 5.32 Å². The Morgan fingerprint density at radius 1 is 1.03 bits per heavy atom. The molecular formula is C22H26F3N3O3S. The number of hydrogen-bond acceptors (Lipinski definition) is 4. The fourth-order valence-electron chi connectivity index (χ4n) is 3.80. The van der Waals surface area contributed by atoms with Crippen molar-refractivity contribution >= 4 is 21.6 Å². The smallest absolute Gasteiger partial charge is 0.324 e. The van der Waals surface area contributed by atoms with Crippen LogP contribution in [0.25, 0.3) is 0 Å². The molecule has 10 heteroatoms. The van der Waals surface area contributed by atoms with Crippen molar-refractivity contribution in [3.8, 4) is 0 Å². The number of amides is 1.